The van der Waals surface area contributed by atoms with Gasteiger partial charge in [-0.15, -0.1) is 0 Å². The minimum atomic E-state index is -0.0292. The predicted octanol–water partition coefficient (Wildman–Crippen LogP) is 3.80. The van der Waals surface area contributed by atoms with Gasteiger partial charge in [-0.05, 0) is 42.5 Å². The van der Waals surface area contributed by atoms with E-state index in [4.69, 9.17) is 9.15 Å². The van der Waals surface area contributed by atoms with Crippen LogP contribution in [0.1, 0.15) is 43.7 Å². The van der Waals surface area contributed by atoms with Crippen molar-refractivity contribution in [2.24, 2.45) is 5.92 Å². The van der Waals surface area contributed by atoms with E-state index in [0.717, 1.165) is 17.7 Å². The molecule has 2 rings (SSSR count). The largest absolute Gasteiger partial charge is 0.468 e. The molecule has 0 aliphatic carbocycles. The standard InChI is InChI=1S/C22H32N2O3/c1-17(2)14-19-7-9-20(10-8-19)18(3)23-22(25)16-24(11-13-26-4)15-21-6-5-12-27-21/h5-10,12,17-18H,11,13-16H2,1-4H3,(H,23,25). The molecule has 0 saturated heterocycles. The number of furan rings is 1. The molecule has 1 amide bonds. The summed E-state index contributed by atoms with van der Waals surface area (Å²) < 4.78 is 10.6. The van der Waals surface area contributed by atoms with Gasteiger partial charge >= 0.3 is 0 Å². The van der Waals surface area contributed by atoms with Crippen LogP contribution in [0.4, 0.5) is 0 Å². The van der Waals surface area contributed by atoms with Crippen molar-refractivity contribution in [1.29, 1.82) is 0 Å². The molecule has 0 radical (unpaired) electrons. The highest BCUT2D eigenvalue weighted by Gasteiger charge is 2.15. The van der Waals surface area contributed by atoms with E-state index in [0.29, 0.717) is 32.2 Å². The van der Waals surface area contributed by atoms with Crippen molar-refractivity contribution < 1.29 is 13.9 Å². The Morgan fingerprint density at radius 3 is 2.52 bits per heavy atom. The lowest BCUT2D eigenvalue weighted by Crippen LogP contribution is -2.39. The first kappa shape index (κ1) is 21.2. The number of nitrogens with zero attached hydrogens (tertiary/aromatic N) is 1. The number of rotatable bonds is 11. The van der Waals surface area contributed by atoms with Gasteiger partial charge in [-0.3, -0.25) is 9.69 Å². The van der Waals surface area contributed by atoms with E-state index in [1.54, 1.807) is 13.4 Å². The maximum Gasteiger partial charge on any atom is 0.234 e. The Kier molecular flexibility index (Phi) is 8.55. The van der Waals surface area contributed by atoms with Gasteiger partial charge in [0.15, 0.2) is 0 Å². The highest BCUT2D eigenvalue weighted by atomic mass is 16.5. The lowest BCUT2D eigenvalue weighted by molar-refractivity contribution is -0.123. The van der Waals surface area contributed by atoms with E-state index in [9.17, 15) is 4.79 Å². The Balaban J connectivity index is 1.89. The monoisotopic (exact) mass is 372 g/mol. The van der Waals surface area contributed by atoms with Gasteiger partial charge in [0.2, 0.25) is 5.91 Å². The van der Waals surface area contributed by atoms with Crippen molar-refractivity contribution in [2.45, 2.75) is 39.8 Å². The van der Waals surface area contributed by atoms with Gasteiger partial charge in [0, 0.05) is 13.7 Å². The van der Waals surface area contributed by atoms with Crippen LogP contribution < -0.4 is 5.32 Å². The van der Waals surface area contributed by atoms with E-state index in [-0.39, 0.29) is 11.9 Å². The Morgan fingerprint density at radius 1 is 1.19 bits per heavy atom. The van der Waals surface area contributed by atoms with Gasteiger partial charge < -0.3 is 14.5 Å². The molecule has 1 aromatic carbocycles. The molecular weight excluding hydrogens is 340 g/mol. The van der Waals surface area contributed by atoms with Gasteiger partial charge in [0.25, 0.3) is 0 Å². The second-order valence-corrected chi connectivity index (χ2v) is 7.41. The predicted molar refractivity (Wildman–Crippen MR) is 107 cm³/mol. The molecule has 0 aliphatic heterocycles. The molecule has 0 fully saturated rings. The number of amides is 1. The fraction of sp³-hybridized carbons (Fsp3) is 0.500. The Bertz CT molecular complexity index is 665. The Morgan fingerprint density at radius 2 is 1.93 bits per heavy atom. The third kappa shape index (κ3) is 7.57. The Hall–Kier alpha value is -2.11. The van der Waals surface area contributed by atoms with Gasteiger partial charge in [0.1, 0.15) is 5.76 Å². The average Bonchev–Trinajstić information content (AvgIpc) is 3.12. The molecule has 1 unspecified atom stereocenters. The summed E-state index contributed by atoms with van der Waals surface area (Å²) >= 11 is 0. The summed E-state index contributed by atoms with van der Waals surface area (Å²) in [6, 6.07) is 12.3. The highest BCUT2D eigenvalue weighted by Crippen LogP contribution is 2.15. The fourth-order valence-electron chi connectivity index (χ4n) is 3.04. The molecular formula is C22H32N2O3. The van der Waals surface area contributed by atoms with Crippen LogP contribution in [0, 0.1) is 5.92 Å². The normalized spacial score (nSPS) is 12.5. The maximum absolute atomic E-state index is 12.5. The lowest BCUT2D eigenvalue weighted by atomic mass is 10.00. The number of methoxy groups -OCH3 is 1. The van der Waals surface area contributed by atoms with E-state index in [2.05, 4.69) is 43.4 Å². The molecule has 0 bridgehead atoms. The summed E-state index contributed by atoms with van der Waals surface area (Å²) in [5.41, 5.74) is 2.45. The molecule has 148 valence electrons. The van der Waals surface area contributed by atoms with E-state index < -0.39 is 0 Å². The maximum atomic E-state index is 12.5. The third-order valence-electron chi connectivity index (χ3n) is 4.44. The average molecular weight is 373 g/mol. The molecule has 5 heteroatoms. The molecule has 5 nitrogen and oxygen atoms in total. The third-order valence-corrected chi connectivity index (χ3v) is 4.44. The summed E-state index contributed by atoms with van der Waals surface area (Å²) in [7, 11) is 1.66. The smallest absolute Gasteiger partial charge is 0.234 e. The van der Waals surface area contributed by atoms with E-state index in [1.807, 2.05) is 24.0 Å². The number of hydrogen-bond donors (Lipinski definition) is 1. The summed E-state index contributed by atoms with van der Waals surface area (Å²) in [6.07, 6.45) is 2.72. The van der Waals surface area contributed by atoms with Crippen LogP contribution in [0.25, 0.3) is 0 Å². The number of carbonyl (C=O) groups excluding carboxylic acids is 1. The van der Waals surface area contributed by atoms with Crippen molar-refractivity contribution in [3.8, 4) is 0 Å². The van der Waals surface area contributed by atoms with E-state index >= 15 is 0 Å². The topological polar surface area (TPSA) is 54.7 Å². The molecule has 0 saturated carbocycles. The summed E-state index contributed by atoms with van der Waals surface area (Å²) in [6.45, 7) is 8.58. The SMILES string of the molecule is COCCN(CC(=O)NC(C)c1ccc(CC(C)C)cc1)Cc1ccco1. The number of hydrogen-bond acceptors (Lipinski definition) is 4. The van der Waals surface area contributed by atoms with Gasteiger partial charge in [0.05, 0.1) is 32.0 Å². The van der Waals surface area contributed by atoms with Crippen molar-refractivity contribution in [3.05, 3.63) is 59.5 Å². The molecule has 1 heterocycles. The van der Waals surface area contributed by atoms with Gasteiger partial charge in [-0.1, -0.05) is 38.1 Å². The first-order valence-electron chi connectivity index (χ1n) is 9.59. The van der Waals surface area contributed by atoms with Crippen molar-refractivity contribution >= 4 is 5.91 Å². The minimum absolute atomic E-state index is 0.00332. The number of benzene rings is 1. The van der Waals surface area contributed by atoms with Crippen LogP contribution in [0.2, 0.25) is 0 Å². The highest BCUT2D eigenvalue weighted by molar-refractivity contribution is 5.78. The first-order chi connectivity index (χ1) is 13.0. The van der Waals surface area contributed by atoms with Crippen LogP contribution >= 0.6 is 0 Å². The minimum Gasteiger partial charge on any atom is -0.468 e. The zero-order valence-electron chi connectivity index (χ0n) is 16.9. The summed E-state index contributed by atoms with van der Waals surface area (Å²) in [5.74, 6) is 1.48. The molecule has 0 aliphatic rings. The summed E-state index contributed by atoms with van der Waals surface area (Å²) in [5, 5.41) is 3.09. The van der Waals surface area contributed by atoms with Crippen LogP contribution in [-0.4, -0.2) is 37.6 Å². The quantitative estimate of drug-likeness (QED) is 0.652. The molecule has 0 spiro atoms. The summed E-state index contributed by atoms with van der Waals surface area (Å²) in [4.78, 5) is 14.5. The number of carbonyl (C=O) groups is 1. The van der Waals surface area contributed by atoms with Crippen LogP contribution in [-0.2, 0) is 22.5 Å². The number of nitrogens with one attached hydrogen (secondary N) is 1. The van der Waals surface area contributed by atoms with Crippen molar-refractivity contribution in [2.75, 3.05) is 26.8 Å². The van der Waals surface area contributed by atoms with Crippen molar-refractivity contribution in [1.82, 2.24) is 10.2 Å². The zero-order valence-corrected chi connectivity index (χ0v) is 16.9. The van der Waals surface area contributed by atoms with Crippen LogP contribution in [0.3, 0.4) is 0 Å². The first-order valence-corrected chi connectivity index (χ1v) is 9.59. The Labute approximate surface area is 162 Å². The molecule has 1 N–H and O–H groups in total. The molecule has 27 heavy (non-hydrogen) atoms. The molecule has 1 atom stereocenters. The second kappa shape index (κ2) is 10.9. The van der Waals surface area contributed by atoms with Crippen LogP contribution in [0.5, 0.6) is 0 Å². The zero-order chi connectivity index (χ0) is 19.6. The van der Waals surface area contributed by atoms with Gasteiger partial charge in [-0.25, -0.2) is 0 Å². The van der Waals surface area contributed by atoms with Crippen molar-refractivity contribution in [3.63, 3.8) is 0 Å². The lowest BCUT2D eigenvalue weighted by Gasteiger charge is -2.22. The second-order valence-electron chi connectivity index (χ2n) is 7.41. The number of ether oxygens (including phenoxy) is 1. The molecule has 2 aromatic rings. The van der Waals surface area contributed by atoms with Gasteiger partial charge in [-0.2, -0.15) is 0 Å². The molecule has 1 aromatic heterocycles. The van der Waals surface area contributed by atoms with E-state index in [1.165, 1.54) is 5.56 Å². The van der Waals surface area contributed by atoms with Crippen LogP contribution in [0.15, 0.2) is 47.1 Å². The fourth-order valence-corrected chi connectivity index (χ4v) is 3.04.